The number of carbonyl (C=O) groups is 1. The van der Waals surface area contributed by atoms with Crippen molar-refractivity contribution in [3.05, 3.63) is 30.1 Å². The van der Waals surface area contributed by atoms with Gasteiger partial charge in [-0.05, 0) is 45.5 Å². The molecule has 0 radical (unpaired) electrons. The summed E-state index contributed by atoms with van der Waals surface area (Å²) in [7, 11) is 3.98. The molecule has 11 nitrogen and oxygen atoms in total. The van der Waals surface area contributed by atoms with Crippen LogP contribution in [0.1, 0.15) is 25.0 Å². The predicted molar refractivity (Wildman–Crippen MR) is 116 cm³/mol. The molecule has 3 N–H and O–H groups in total. The number of hydrogen-bond donors (Lipinski definition) is 3. The summed E-state index contributed by atoms with van der Waals surface area (Å²) in [4.78, 5) is 14.5. The van der Waals surface area contributed by atoms with Gasteiger partial charge in [0, 0.05) is 31.0 Å². The van der Waals surface area contributed by atoms with E-state index in [1.807, 2.05) is 29.9 Å². The molecule has 3 heterocycles. The van der Waals surface area contributed by atoms with Crippen LogP contribution >= 0.6 is 0 Å². The Bertz CT molecular complexity index is 920. The van der Waals surface area contributed by atoms with E-state index >= 15 is 0 Å². The Hall–Kier alpha value is -2.89. The number of nitrogens with zero attached hydrogens (tertiary/aromatic N) is 4. The summed E-state index contributed by atoms with van der Waals surface area (Å²) in [5.74, 6) is 1.25. The summed E-state index contributed by atoms with van der Waals surface area (Å²) in [5.41, 5.74) is 1.52. The number of benzene rings is 1. The maximum absolute atomic E-state index is 12.5. The van der Waals surface area contributed by atoms with Crippen LogP contribution in [0, 0.1) is 0 Å². The average molecular weight is 447 g/mol. The van der Waals surface area contributed by atoms with Gasteiger partial charge in [0.25, 0.3) is 0 Å². The number of anilines is 1. The monoisotopic (exact) mass is 446 g/mol. The van der Waals surface area contributed by atoms with Gasteiger partial charge in [-0.25, -0.2) is 4.79 Å². The molecule has 4 rings (SSSR count). The van der Waals surface area contributed by atoms with Crippen LogP contribution in [0.5, 0.6) is 11.5 Å². The number of hydrogen-bond acceptors (Lipinski definition) is 8. The van der Waals surface area contributed by atoms with E-state index in [1.165, 1.54) is 0 Å². The molecule has 1 aromatic carbocycles. The van der Waals surface area contributed by atoms with E-state index in [0.717, 1.165) is 25.1 Å². The van der Waals surface area contributed by atoms with E-state index in [2.05, 4.69) is 20.9 Å². The van der Waals surface area contributed by atoms with Gasteiger partial charge in [-0.15, -0.1) is 5.10 Å². The van der Waals surface area contributed by atoms with Gasteiger partial charge < -0.3 is 34.9 Å². The molecule has 0 aliphatic carbocycles. The minimum atomic E-state index is -0.462. The molecular weight excluding hydrogens is 416 g/mol. The molecule has 2 aromatic rings. The molecule has 0 spiro atoms. The zero-order chi connectivity index (χ0) is 22.5. The Morgan fingerprint density at radius 2 is 2.12 bits per heavy atom. The number of ether oxygens (including phenoxy) is 3. The van der Waals surface area contributed by atoms with Crippen molar-refractivity contribution in [2.75, 3.05) is 32.8 Å². The lowest BCUT2D eigenvalue weighted by Crippen LogP contribution is -2.52. The highest BCUT2D eigenvalue weighted by molar-refractivity contribution is 5.90. The normalized spacial score (nSPS) is 22.2. The second-order valence-electron chi connectivity index (χ2n) is 8.33. The van der Waals surface area contributed by atoms with Gasteiger partial charge in [0.05, 0.1) is 24.4 Å². The molecule has 0 bridgehead atoms. The molecule has 1 aromatic heterocycles. The molecule has 32 heavy (non-hydrogen) atoms. The van der Waals surface area contributed by atoms with Crippen molar-refractivity contribution < 1.29 is 24.1 Å². The van der Waals surface area contributed by atoms with Gasteiger partial charge in [0.15, 0.2) is 11.5 Å². The number of urea groups is 1. The minimum absolute atomic E-state index is 0.0105. The van der Waals surface area contributed by atoms with E-state index in [9.17, 15) is 9.90 Å². The van der Waals surface area contributed by atoms with Gasteiger partial charge in [0.1, 0.15) is 6.10 Å². The molecule has 174 valence electrons. The van der Waals surface area contributed by atoms with Crippen molar-refractivity contribution in [3.8, 4) is 11.5 Å². The number of aliphatic hydroxyl groups excluding tert-OH is 1. The summed E-state index contributed by atoms with van der Waals surface area (Å²) in [6.45, 7) is 1.44. The summed E-state index contributed by atoms with van der Waals surface area (Å²) in [6, 6.07) is 4.58. The van der Waals surface area contributed by atoms with E-state index in [4.69, 9.17) is 14.2 Å². The Morgan fingerprint density at radius 3 is 2.94 bits per heavy atom. The lowest BCUT2D eigenvalue weighted by Gasteiger charge is -2.36. The third-order valence-electron chi connectivity index (χ3n) is 5.49. The summed E-state index contributed by atoms with van der Waals surface area (Å²) < 4.78 is 18.5. The lowest BCUT2D eigenvalue weighted by atomic mass is 9.97. The molecule has 0 saturated carbocycles. The first-order valence-corrected chi connectivity index (χ1v) is 10.8. The Balaban J connectivity index is 1.24. The Morgan fingerprint density at radius 1 is 1.28 bits per heavy atom. The second-order valence-corrected chi connectivity index (χ2v) is 8.33. The van der Waals surface area contributed by atoms with E-state index in [0.29, 0.717) is 30.2 Å². The molecule has 1 fully saturated rings. The SMILES string of the molecule is CN(C)Cc1cn(CC[C@H]2CC[C@@H](NC(=O)Nc3ccc4c(c3)OCO4)[C@@H](CO)O2)nn1. The van der Waals surface area contributed by atoms with Crippen molar-refractivity contribution in [2.24, 2.45) is 0 Å². The number of amides is 2. The molecular formula is C21H30N6O5. The number of aliphatic hydroxyl groups is 1. The topological polar surface area (TPSA) is 123 Å². The van der Waals surface area contributed by atoms with Gasteiger partial charge in [-0.3, -0.25) is 4.68 Å². The molecule has 2 aliphatic rings. The molecule has 1 saturated heterocycles. The van der Waals surface area contributed by atoms with Crippen LogP contribution in [-0.4, -0.2) is 76.8 Å². The second kappa shape index (κ2) is 10.2. The van der Waals surface area contributed by atoms with Crippen LogP contribution in [0.25, 0.3) is 0 Å². The van der Waals surface area contributed by atoms with Crippen molar-refractivity contribution in [2.45, 2.75) is 50.6 Å². The molecule has 2 amide bonds. The average Bonchev–Trinajstić information content (AvgIpc) is 3.41. The van der Waals surface area contributed by atoms with E-state index in [1.54, 1.807) is 18.2 Å². The zero-order valence-corrected chi connectivity index (χ0v) is 18.4. The third kappa shape index (κ3) is 5.67. The fraction of sp³-hybridized carbons (Fsp3) is 0.571. The first-order chi connectivity index (χ1) is 15.5. The maximum atomic E-state index is 12.5. The van der Waals surface area contributed by atoms with Gasteiger partial charge in [-0.2, -0.15) is 0 Å². The fourth-order valence-electron chi connectivity index (χ4n) is 3.94. The smallest absolute Gasteiger partial charge is 0.319 e. The number of aromatic nitrogens is 3. The van der Waals surface area contributed by atoms with Crippen LogP contribution in [0.15, 0.2) is 24.4 Å². The minimum Gasteiger partial charge on any atom is -0.454 e. The Labute approximate surface area is 186 Å². The molecule has 3 atom stereocenters. The van der Waals surface area contributed by atoms with E-state index < -0.39 is 6.10 Å². The maximum Gasteiger partial charge on any atom is 0.319 e. The van der Waals surface area contributed by atoms with Crippen LogP contribution in [-0.2, 0) is 17.8 Å². The van der Waals surface area contributed by atoms with Crippen molar-refractivity contribution >= 4 is 11.7 Å². The standard InChI is InChI=1S/C21H30N6O5/c1-26(2)10-15-11-27(25-24-15)8-7-16-4-5-17(20(12-28)32-16)23-21(29)22-14-3-6-18-19(9-14)31-13-30-18/h3,6,9,11,16-17,20,28H,4-5,7-8,10,12-13H2,1-2H3,(H2,22,23,29)/t16-,17-,20-/m1/s1. The molecule has 11 heteroatoms. The van der Waals surface area contributed by atoms with Crippen LogP contribution in [0.2, 0.25) is 0 Å². The highest BCUT2D eigenvalue weighted by Gasteiger charge is 2.32. The highest BCUT2D eigenvalue weighted by Crippen LogP contribution is 2.34. The summed E-state index contributed by atoms with van der Waals surface area (Å²) in [5, 5.41) is 23.8. The van der Waals surface area contributed by atoms with Crippen molar-refractivity contribution in [1.82, 2.24) is 25.2 Å². The zero-order valence-electron chi connectivity index (χ0n) is 18.4. The van der Waals surface area contributed by atoms with E-state index in [-0.39, 0.29) is 31.6 Å². The lowest BCUT2D eigenvalue weighted by molar-refractivity contribution is -0.0905. The first-order valence-electron chi connectivity index (χ1n) is 10.8. The molecule has 0 unspecified atom stereocenters. The summed E-state index contributed by atoms with van der Waals surface area (Å²) in [6.07, 6.45) is 3.73. The third-order valence-corrected chi connectivity index (χ3v) is 5.49. The van der Waals surface area contributed by atoms with Crippen molar-refractivity contribution in [1.29, 1.82) is 0 Å². The number of rotatable bonds is 8. The molecule has 2 aliphatic heterocycles. The Kier molecular flexibility index (Phi) is 7.08. The number of carbonyl (C=O) groups excluding carboxylic acids is 1. The summed E-state index contributed by atoms with van der Waals surface area (Å²) >= 11 is 0. The van der Waals surface area contributed by atoms with Crippen LogP contribution in [0.3, 0.4) is 0 Å². The van der Waals surface area contributed by atoms with Crippen molar-refractivity contribution in [3.63, 3.8) is 0 Å². The number of nitrogens with one attached hydrogen (secondary N) is 2. The van der Waals surface area contributed by atoms with Gasteiger partial charge in [0.2, 0.25) is 6.79 Å². The van der Waals surface area contributed by atoms with Gasteiger partial charge in [-0.1, -0.05) is 5.21 Å². The highest BCUT2D eigenvalue weighted by atomic mass is 16.7. The number of aryl methyl sites for hydroxylation is 1. The number of fused-ring (bicyclic) bond motifs is 1. The van der Waals surface area contributed by atoms with Crippen LogP contribution in [0.4, 0.5) is 10.5 Å². The van der Waals surface area contributed by atoms with Gasteiger partial charge >= 0.3 is 6.03 Å². The van der Waals surface area contributed by atoms with Crippen LogP contribution < -0.4 is 20.1 Å². The predicted octanol–water partition coefficient (Wildman–Crippen LogP) is 1.19. The quantitative estimate of drug-likeness (QED) is 0.553. The fourth-order valence-corrected chi connectivity index (χ4v) is 3.94. The first kappa shape index (κ1) is 22.3. The largest absolute Gasteiger partial charge is 0.454 e.